The van der Waals surface area contributed by atoms with Crippen molar-refractivity contribution in [1.82, 2.24) is 9.55 Å². The third-order valence-electron chi connectivity index (χ3n) is 5.25. The zero-order valence-electron chi connectivity index (χ0n) is 16.9. The number of para-hydroxylation sites is 2. The van der Waals surface area contributed by atoms with Crippen LogP contribution in [0.2, 0.25) is 5.02 Å². The van der Waals surface area contributed by atoms with E-state index in [0.717, 1.165) is 16.6 Å². The van der Waals surface area contributed by atoms with Gasteiger partial charge in [-0.15, -0.1) is 0 Å². The van der Waals surface area contributed by atoms with E-state index < -0.39 is 6.04 Å². The molecule has 0 saturated carbocycles. The lowest BCUT2D eigenvalue weighted by molar-refractivity contribution is -0.124. The number of nitrogens with one attached hydrogen (secondary N) is 1. The van der Waals surface area contributed by atoms with E-state index in [1.165, 1.54) is 0 Å². The molecular formula is C22H23ClN4O3. The Labute approximate surface area is 179 Å². The fraction of sp³-hybridized carbons (Fsp3) is 0.318. The normalized spacial score (nSPS) is 15.6. The van der Waals surface area contributed by atoms with Gasteiger partial charge in [-0.3, -0.25) is 19.1 Å². The van der Waals surface area contributed by atoms with Crippen molar-refractivity contribution in [3.05, 3.63) is 53.1 Å². The van der Waals surface area contributed by atoms with Gasteiger partial charge in [-0.1, -0.05) is 29.8 Å². The molecule has 1 N–H and O–H groups in total. The van der Waals surface area contributed by atoms with Crippen molar-refractivity contribution < 1.29 is 14.3 Å². The lowest BCUT2D eigenvalue weighted by atomic mass is 10.1. The van der Waals surface area contributed by atoms with Crippen LogP contribution in [0.3, 0.4) is 0 Å². The first-order valence-electron chi connectivity index (χ1n) is 9.83. The molecule has 0 spiro atoms. The molecule has 1 atom stereocenters. The van der Waals surface area contributed by atoms with Crippen molar-refractivity contribution in [3.63, 3.8) is 0 Å². The van der Waals surface area contributed by atoms with Crippen molar-refractivity contribution in [3.8, 4) is 0 Å². The number of benzene rings is 2. The van der Waals surface area contributed by atoms with Gasteiger partial charge in [0.05, 0.1) is 17.5 Å². The van der Waals surface area contributed by atoms with E-state index in [0.29, 0.717) is 36.2 Å². The third kappa shape index (κ3) is 3.78. The zero-order valence-corrected chi connectivity index (χ0v) is 17.6. The van der Waals surface area contributed by atoms with Gasteiger partial charge in [-0.05, 0) is 43.2 Å². The third-order valence-corrected chi connectivity index (χ3v) is 5.65. The number of methoxy groups -OCH3 is 1. The first-order chi connectivity index (χ1) is 14.5. The summed E-state index contributed by atoms with van der Waals surface area (Å²) in [5.74, 6) is 0.195. The van der Waals surface area contributed by atoms with Gasteiger partial charge in [0, 0.05) is 31.0 Å². The van der Waals surface area contributed by atoms with Crippen LogP contribution in [0.5, 0.6) is 0 Å². The van der Waals surface area contributed by atoms with Crippen LogP contribution in [0, 0.1) is 6.92 Å². The van der Waals surface area contributed by atoms with Gasteiger partial charge in [0.15, 0.2) is 0 Å². The van der Waals surface area contributed by atoms with E-state index in [1.807, 2.05) is 41.8 Å². The highest BCUT2D eigenvalue weighted by Gasteiger charge is 2.40. The minimum absolute atomic E-state index is 0.0124. The zero-order chi connectivity index (χ0) is 21.3. The van der Waals surface area contributed by atoms with Gasteiger partial charge >= 0.3 is 0 Å². The molecular weight excluding hydrogens is 404 g/mol. The smallest absolute Gasteiger partial charge is 0.253 e. The Hall–Kier alpha value is -2.90. The highest BCUT2D eigenvalue weighted by Crippen LogP contribution is 2.36. The molecule has 7 nitrogen and oxygen atoms in total. The number of hydrogen-bond acceptors (Lipinski definition) is 4. The number of imidazole rings is 1. The molecule has 1 aromatic heterocycles. The monoisotopic (exact) mass is 426 g/mol. The number of amides is 2. The molecule has 2 aromatic carbocycles. The van der Waals surface area contributed by atoms with Crippen LogP contribution in [0.1, 0.15) is 24.4 Å². The SMILES string of the molecule is COCCCN1C(=O)[C@H](CC(=O)Nc2ccc(C)c(Cl)c2)n2c1nc1ccccc12. The van der Waals surface area contributed by atoms with Crippen LogP contribution in [-0.4, -0.2) is 41.6 Å². The summed E-state index contributed by atoms with van der Waals surface area (Å²) in [6.07, 6.45) is 0.699. The second kappa shape index (κ2) is 8.45. The number of nitrogens with zero attached hydrogens (tertiary/aromatic N) is 3. The van der Waals surface area contributed by atoms with Crippen LogP contribution in [0.25, 0.3) is 11.0 Å². The molecule has 30 heavy (non-hydrogen) atoms. The number of carbonyl (C=O) groups excluding carboxylic acids is 2. The Morgan fingerprint density at radius 2 is 2.07 bits per heavy atom. The number of fused-ring (bicyclic) bond motifs is 3. The van der Waals surface area contributed by atoms with Gasteiger partial charge in [-0.25, -0.2) is 4.98 Å². The quantitative estimate of drug-likeness (QED) is 0.580. The lowest BCUT2D eigenvalue weighted by Gasteiger charge is -2.16. The van der Waals surface area contributed by atoms with Gasteiger partial charge in [-0.2, -0.15) is 0 Å². The predicted molar refractivity (Wildman–Crippen MR) is 117 cm³/mol. The highest BCUT2D eigenvalue weighted by atomic mass is 35.5. The number of hydrogen-bond donors (Lipinski definition) is 1. The number of carbonyl (C=O) groups is 2. The Balaban J connectivity index is 1.60. The van der Waals surface area contributed by atoms with Crippen LogP contribution in [-0.2, 0) is 14.3 Å². The minimum Gasteiger partial charge on any atom is -0.385 e. The molecule has 1 aliphatic rings. The van der Waals surface area contributed by atoms with E-state index in [-0.39, 0.29) is 18.2 Å². The summed E-state index contributed by atoms with van der Waals surface area (Å²) in [5, 5.41) is 3.43. The number of halogens is 1. The topological polar surface area (TPSA) is 76.5 Å². The van der Waals surface area contributed by atoms with Gasteiger partial charge < -0.3 is 10.1 Å². The first kappa shape index (κ1) is 20.4. The van der Waals surface area contributed by atoms with Crippen LogP contribution in [0.15, 0.2) is 42.5 Å². The number of aryl methyl sites for hydroxylation is 1. The Morgan fingerprint density at radius 3 is 2.83 bits per heavy atom. The van der Waals surface area contributed by atoms with Crippen LogP contribution in [0.4, 0.5) is 11.6 Å². The average Bonchev–Trinajstić information content (AvgIpc) is 3.21. The molecule has 1 aliphatic heterocycles. The van der Waals surface area contributed by atoms with Gasteiger partial charge in [0.2, 0.25) is 11.9 Å². The molecule has 8 heteroatoms. The molecule has 0 radical (unpaired) electrons. The maximum absolute atomic E-state index is 13.2. The second-order valence-electron chi connectivity index (χ2n) is 7.34. The summed E-state index contributed by atoms with van der Waals surface area (Å²) < 4.78 is 6.99. The summed E-state index contributed by atoms with van der Waals surface area (Å²) in [5.41, 5.74) is 3.18. The van der Waals surface area contributed by atoms with E-state index in [9.17, 15) is 9.59 Å². The summed E-state index contributed by atoms with van der Waals surface area (Å²) in [4.78, 5) is 32.2. The molecule has 0 unspecified atom stereocenters. The van der Waals surface area contributed by atoms with Crippen molar-refractivity contribution >= 4 is 46.1 Å². The molecule has 0 bridgehead atoms. The second-order valence-corrected chi connectivity index (χ2v) is 7.75. The summed E-state index contributed by atoms with van der Waals surface area (Å²) in [6, 6.07) is 12.3. The summed E-state index contributed by atoms with van der Waals surface area (Å²) in [7, 11) is 1.63. The molecule has 0 saturated heterocycles. The largest absolute Gasteiger partial charge is 0.385 e. The molecule has 3 aromatic rings. The molecule has 4 rings (SSSR count). The summed E-state index contributed by atoms with van der Waals surface area (Å²) >= 11 is 6.15. The van der Waals surface area contributed by atoms with Gasteiger partial charge in [0.25, 0.3) is 5.91 Å². The van der Waals surface area contributed by atoms with E-state index in [2.05, 4.69) is 10.3 Å². The Morgan fingerprint density at radius 1 is 1.27 bits per heavy atom. The number of ether oxygens (including phenoxy) is 1. The first-order valence-corrected chi connectivity index (χ1v) is 10.2. The van der Waals surface area contributed by atoms with Crippen molar-refractivity contribution in [2.24, 2.45) is 0 Å². The minimum atomic E-state index is -0.643. The molecule has 156 valence electrons. The van der Waals surface area contributed by atoms with Crippen LogP contribution >= 0.6 is 11.6 Å². The Bertz CT molecular complexity index is 1110. The average molecular weight is 427 g/mol. The number of rotatable bonds is 7. The standard InChI is InChI=1S/C22H23ClN4O3/c1-14-8-9-15(12-16(14)23)24-20(28)13-19-21(29)26(10-5-11-30-2)22-25-17-6-3-4-7-18(17)27(19)22/h3-4,6-9,12,19H,5,10-11,13H2,1-2H3,(H,24,28)/t19-/m0/s1. The fourth-order valence-corrected chi connectivity index (χ4v) is 3.91. The van der Waals surface area contributed by atoms with Gasteiger partial charge in [0.1, 0.15) is 6.04 Å². The maximum Gasteiger partial charge on any atom is 0.253 e. The van der Waals surface area contributed by atoms with Crippen molar-refractivity contribution in [1.29, 1.82) is 0 Å². The molecule has 0 aliphatic carbocycles. The summed E-state index contributed by atoms with van der Waals surface area (Å²) in [6.45, 7) is 2.93. The Kier molecular flexibility index (Phi) is 5.74. The van der Waals surface area contributed by atoms with E-state index in [1.54, 1.807) is 24.1 Å². The molecule has 2 heterocycles. The lowest BCUT2D eigenvalue weighted by Crippen LogP contribution is -2.32. The van der Waals surface area contributed by atoms with Crippen molar-refractivity contribution in [2.45, 2.75) is 25.8 Å². The van der Waals surface area contributed by atoms with Crippen LogP contribution < -0.4 is 10.2 Å². The van der Waals surface area contributed by atoms with E-state index in [4.69, 9.17) is 16.3 Å². The van der Waals surface area contributed by atoms with E-state index >= 15 is 0 Å². The highest BCUT2D eigenvalue weighted by molar-refractivity contribution is 6.31. The predicted octanol–water partition coefficient (Wildman–Crippen LogP) is 3.95. The fourth-order valence-electron chi connectivity index (χ4n) is 3.73. The number of anilines is 2. The maximum atomic E-state index is 13.2. The molecule has 0 fully saturated rings. The van der Waals surface area contributed by atoms with Crippen molar-refractivity contribution in [2.75, 3.05) is 30.5 Å². The number of aromatic nitrogens is 2. The molecule has 2 amide bonds.